The third kappa shape index (κ3) is 2.92. The van der Waals surface area contributed by atoms with Crippen molar-refractivity contribution >= 4 is 11.0 Å². The van der Waals surface area contributed by atoms with Crippen LogP contribution in [-0.2, 0) is 6.54 Å². The Labute approximate surface area is 123 Å². The van der Waals surface area contributed by atoms with Gasteiger partial charge >= 0.3 is 0 Å². The van der Waals surface area contributed by atoms with Crippen molar-refractivity contribution in [3.8, 4) is 5.75 Å². The molecule has 110 valence electrons. The maximum atomic E-state index is 5.93. The zero-order valence-electron chi connectivity index (χ0n) is 12.2. The molecule has 0 fully saturated rings. The molecule has 1 unspecified atom stereocenters. The monoisotopic (exact) mass is 285 g/mol. The van der Waals surface area contributed by atoms with Crippen LogP contribution in [0.15, 0.2) is 47.4 Å². The normalized spacial score (nSPS) is 12.7. The van der Waals surface area contributed by atoms with Gasteiger partial charge < -0.3 is 19.0 Å². The number of ether oxygens (including phenoxy) is 1. The van der Waals surface area contributed by atoms with Crippen LogP contribution < -0.4 is 10.1 Å². The molecular weight excluding hydrogens is 266 g/mol. The van der Waals surface area contributed by atoms with E-state index in [9.17, 15) is 0 Å². The molecular formula is C16H19N3O2. The maximum absolute atomic E-state index is 5.93. The molecule has 5 nitrogen and oxygen atoms in total. The molecule has 0 aliphatic heterocycles. The lowest BCUT2D eigenvalue weighted by molar-refractivity contribution is 0.398. The summed E-state index contributed by atoms with van der Waals surface area (Å²) in [5, 5.41) is 4.52. The Kier molecular flexibility index (Phi) is 3.92. The first-order valence-corrected chi connectivity index (χ1v) is 7.03. The lowest BCUT2D eigenvalue weighted by Gasteiger charge is -2.11. The highest BCUT2D eigenvalue weighted by atomic mass is 16.5. The van der Waals surface area contributed by atoms with Crippen LogP contribution in [0.3, 0.4) is 0 Å². The molecule has 3 aromatic rings. The summed E-state index contributed by atoms with van der Waals surface area (Å²) in [6.45, 7) is 3.83. The Bertz CT molecular complexity index is 703. The highest BCUT2D eigenvalue weighted by Crippen LogP contribution is 2.30. The van der Waals surface area contributed by atoms with Gasteiger partial charge in [-0.15, -0.1) is 0 Å². The molecule has 2 aromatic heterocycles. The van der Waals surface area contributed by atoms with Gasteiger partial charge in [0.25, 0.3) is 0 Å². The van der Waals surface area contributed by atoms with Gasteiger partial charge in [0.15, 0.2) is 11.3 Å². The summed E-state index contributed by atoms with van der Waals surface area (Å²) in [4.78, 5) is 4.03. The molecule has 0 saturated carbocycles. The molecule has 1 atom stereocenters. The van der Waals surface area contributed by atoms with Crippen LogP contribution in [0.5, 0.6) is 5.75 Å². The number of benzene rings is 1. The molecule has 0 aliphatic carbocycles. The van der Waals surface area contributed by atoms with Gasteiger partial charge in [-0.2, -0.15) is 0 Å². The molecule has 1 N–H and O–H groups in total. The molecule has 2 heterocycles. The number of fused-ring (bicyclic) bond motifs is 1. The van der Waals surface area contributed by atoms with E-state index < -0.39 is 0 Å². The Morgan fingerprint density at radius 1 is 1.43 bits per heavy atom. The Hall–Kier alpha value is -2.27. The van der Waals surface area contributed by atoms with Crippen molar-refractivity contribution < 1.29 is 9.15 Å². The summed E-state index contributed by atoms with van der Waals surface area (Å²) in [7, 11) is 1.66. The summed E-state index contributed by atoms with van der Waals surface area (Å²) in [5.74, 6) is 1.68. The first-order chi connectivity index (χ1) is 10.3. The largest absolute Gasteiger partial charge is 0.493 e. The molecule has 0 spiro atoms. The molecule has 0 radical (unpaired) electrons. The van der Waals surface area contributed by atoms with Crippen LogP contribution in [0, 0.1) is 0 Å². The number of nitrogens with zero attached hydrogens (tertiary/aromatic N) is 2. The zero-order chi connectivity index (χ0) is 14.7. The van der Waals surface area contributed by atoms with Gasteiger partial charge in [-0.05, 0) is 19.1 Å². The van der Waals surface area contributed by atoms with Crippen LogP contribution in [0.2, 0.25) is 0 Å². The van der Waals surface area contributed by atoms with Gasteiger partial charge in [-0.3, -0.25) is 0 Å². The van der Waals surface area contributed by atoms with Crippen LogP contribution in [0.4, 0.5) is 0 Å². The number of aromatic nitrogens is 2. The van der Waals surface area contributed by atoms with Gasteiger partial charge in [0.1, 0.15) is 5.76 Å². The van der Waals surface area contributed by atoms with Crippen LogP contribution in [-0.4, -0.2) is 23.2 Å². The molecule has 0 saturated heterocycles. The fourth-order valence-electron chi connectivity index (χ4n) is 2.36. The minimum absolute atomic E-state index is 0.144. The lowest BCUT2D eigenvalue weighted by Crippen LogP contribution is -2.22. The van der Waals surface area contributed by atoms with Crippen molar-refractivity contribution in [2.45, 2.75) is 19.5 Å². The van der Waals surface area contributed by atoms with Crippen LogP contribution in [0.25, 0.3) is 11.0 Å². The van der Waals surface area contributed by atoms with Crippen LogP contribution in [0.1, 0.15) is 18.7 Å². The van der Waals surface area contributed by atoms with Crippen molar-refractivity contribution in [3.63, 3.8) is 0 Å². The van der Waals surface area contributed by atoms with E-state index in [-0.39, 0.29) is 6.04 Å². The maximum Gasteiger partial charge on any atom is 0.176 e. The zero-order valence-corrected chi connectivity index (χ0v) is 12.2. The first-order valence-electron chi connectivity index (χ1n) is 7.03. The summed E-state index contributed by atoms with van der Waals surface area (Å²) in [6.07, 6.45) is 5.56. The van der Waals surface area contributed by atoms with E-state index in [1.54, 1.807) is 13.3 Å². The first kappa shape index (κ1) is 13.7. The second kappa shape index (κ2) is 6.01. The number of para-hydroxylation sites is 1. The highest BCUT2D eigenvalue weighted by Gasteiger charge is 2.13. The molecule has 3 rings (SSSR count). The third-order valence-corrected chi connectivity index (χ3v) is 3.55. The van der Waals surface area contributed by atoms with E-state index in [0.29, 0.717) is 0 Å². The summed E-state index contributed by atoms with van der Waals surface area (Å²) < 4.78 is 13.3. The van der Waals surface area contributed by atoms with Gasteiger partial charge in [0.2, 0.25) is 0 Å². The number of imidazole rings is 1. The Morgan fingerprint density at radius 2 is 2.33 bits per heavy atom. The number of rotatable bonds is 6. The molecule has 0 bridgehead atoms. The van der Waals surface area contributed by atoms with Gasteiger partial charge in [0, 0.05) is 30.9 Å². The number of hydrogen-bond donors (Lipinski definition) is 1. The minimum Gasteiger partial charge on any atom is -0.493 e. The second-order valence-corrected chi connectivity index (χ2v) is 5.00. The van der Waals surface area contributed by atoms with E-state index in [0.717, 1.165) is 35.6 Å². The summed E-state index contributed by atoms with van der Waals surface area (Å²) in [5.41, 5.74) is 0.804. The van der Waals surface area contributed by atoms with Gasteiger partial charge in [0.05, 0.1) is 19.5 Å². The number of nitrogens with one attached hydrogen (secondary N) is 1. The van der Waals surface area contributed by atoms with E-state index in [1.807, 2.05) is 35.3 Å². The average Bonchev–Trinajstić information content (AvgIpc) is 3.15. The van der Waals surface area contributed by atoms with Crippen molar-refractivity contribution in [2.75, 3.05) is 13.7 Å². The predicted molar refractivity (Wildman–Crippen MR) is 81.4 cm³/mol. The van der Waals surface area contributed by atoms with E-state index in [2.05, 4.69) is 23.3 Å². The number of furan rings is 1. The fourth-order valence-corrected chi connectivity index (χ4v) is 2.36. The lowest BCUT2D eigenvalue weighted by atomic mass is 10.2. The third-order valence-electron chi connectivity index (χ3n) is 3.55. The second-order valence-electron chi connectivity index (χ2n) is 5.00. The van der Waals surface area contributed by atoms with Gasteiger partial charge in [-0.1, -0.05) is 12.1 Å². The average molecular weight is 285 g/mol. The Balaban J connectivity index is 1.68. The van der Waals surface area contributed by atoms with Crippen molar-refractivity contribution in [1.29, 1.82) is 0 Å². The minimum atomic E-state index is 0.144. The van der Waals surface area contributed by atoms with Crippen molar-refractivity contribution in [3.05, 3.63) is 48.7 Å². The molecule has 0 amide bonds. The highest BCUT2D eigenvalue weighted by molar-refractivity contribution is 5.83. The quantitative estimate of drug-likeness (QED) is 0.756. The van der Waals surface area contributed by atoms with Crippen LogP contribution >= 0.6 is 0 Å². The SMILES string of the molecule is COc1cccc2cc(C(C)NCCn3ccnc3)oc12. The van der Waals surface area contributed by atoms with Crippen molar-refractivity contribution in [2.24, 2.45) is 0 Å². The van der Waals surface area contributed by atoms with Crippen molar-refractivity contribution in [1.82, 2.24) is 14.9 Å². The molecule has 5 heteroatoms. The predicted octanol–water partition coefficient (Wildman–Crippen LogP) is 2.99. The fraction of sp³-hybridized carbons (Fsp3) is 0.312. The summed E-state index contributed by atoms with van der Waals surface area (Å²) >= 11 is 0. The van der Waals surface area contributed by atoms with Gasteiger partial charge in [-0.25, -0.2) is 4.98 Å². The smallest absolute Gasteiger partial charge is 0.176 e. The van der Waals surface area contributed by atoms with E-state index in [4.69, 9.17) is 9.15 Å². The topological polar surface area (TPSA) is 52.2 Å². The van der Waals surface area contributed by atoms with E-state index >= 15 is 0 Å². The molecule has 1 aromatic carbocycles. The summed E-state index contributed by atoms with van der Waals surface area (Å²) in [6, 6.07) is 8.12. The standard InChI is InChI=1S/C16H19N3O2/c1-12(18-7-9-19-8-6-17-11-19)15-10-13-4-3-5-14(20-2)16(13)21-15/h3-6,8,10-12,18H,7,9H2,1-2H3. The number of hydrogen-bond acceptors (Lipinski definition) is 4. The Morgan fingerprint density at radius 3 is 3.10 bits per heavy atom. The molecule has 0 aliphatic rings. The van der Waals surface area contributed by atoms with E-state index in [1.165, 1.54) is 0 Å². The molecule has 21 heavy (non-hydrogen) atoms. The number of methoxy groups -OCH3 is 1.